The fraction of sp³-hybridized carbons (Fsp3) is 0.115. The molecule has 0 aliphatic rings. The molecule has 2 heterocycles. The third-order valence-electron chi connectivity index (χ3n) is 5.49. The Bertz CT molecular complexity index is 1380. The molecule has 33 heavy (non-hydrogen) atoms. The maximum atomic E-state index is 6.16. The molecule has 1 atom stereocenters. The Morgan fingerprint density at radius 2 is 1.58 bits per heavy atom. The summed E-state index contributed by atoms with van der Waals surface area (Å²) in [6, 6.07) is 26.3. The van der Waals surface area contributed by atoms with Crippen LogP contribution >= 0.6 is 23.4 Å². The van der Waals surface area contributed by atoms with Crippen LogP contribution in [0.15, 0.2) is 90.2 Å². The highest BCUT2D eigenvalue weighted by Gasteiger charge is 2.19. The molecule has 0 amide bonds. The van der Waals surface area contributed by atoms with Crippen molar-refractivity contribution in [3.8, 4) is 5.69 Å². The Morgan fingerprint density at radius 1 is 0.879 bits per heavy atom. The lowest BCUT2D eigenvalue weighted by Gasteiger charge is -2.21. The molecular weight excluding hydrogens is 450 g/mol. The maximum Gasteiger partial charge on any atom is 0.191 e. The quantitative estimate of drug-likeness (QED) is 0.220. The van der Waals surface area contributed by atoms with Crippen LogP contribution in [0.3, 0.4) is 0 Å². The van der Waals surface area contributed by atoms with Crippen molar-refractivity contribution in [2.24, 2.45) is 0 Å². The van der Waals surface area contributed by atoms with Gasteiger partial charge in [-0.15, -0.1) is 0 Å². The molecule has 1 unspecified atom stereocenters. The topological polar surface area (TPSA) is 55.6 Å². The molecule has 5 nitrogen and oxygen atoms in total. The Morgan fingerprint density at radius 3 is 2.27 bits per heavy atom. The van der Waals surface area contributed by atoms with Crippen molar-refractivity contribution in [1.29, 1.82) is 0 Å². The molecule has 0 saturated heterocycles. The zero-order valence-corrected chi connectivity index (χ0v) is 19.8. The van der Waals surface area contributed by atoms with E-state index >= 15 is 0 Å². The molecule has 0 radical (unpaired) electrons. The van der Waals surface area contributed by atoms with Gasteiger partial charge < -0.3 is 5.32 Å². The zero-order valence-electron chi connectivity index (χ0n) is 18.2. The molecule has 164 valence electrons. The highest BCUT2D eigenvalue weighted by molar-refractivity contribution is 7.98. The monoisotopic (exact) mass is 471 g/mol. The minimum Gasteiger partial charge on any atom is -0.358 e. The molecule has 5 rings (SSSR count). The first-order chi connectivity index (χ1) is 16.1. The molecule has 5 aromatic rings. The Balaban J connectivity index is 1.63. The summed E-state index contributed by atoms with van der Waals surface area (Å²) in [5.74, 6) is 0.742. The predicted octanol–water partition coefficient (Wildman–Crippen LogP) is 6.70. The van der Waals surface area contributed by atoms with E-state index in [-0.39, 0.29) is 6.04 Å². The fourth-order valence-corrected chi connectivity index (χ4v) is 4.25. The normalized spacial score (nSPS) is 12.1. The summed E-state index contributed by atoms with van der Waals surface area (Å²) >= 11 is 7.66. The molecule has 3 aromatic carbocycles. The summed E-state index contributed by atoms with van der Waals surface area (Å²) in [6.07, 6.45) is 3.80. The molecule has 0 aliphatic heterocycles. The third kappa shape index (κ3) is 4.45. The lowest BCUT2D eigenvalue weighted by Crippen LogP contribution is -2.14. The van der Waals surface area contributed by atoms with Crippen LogP contribution in [0, 0.1) is 6.92 Å². The van der Waals surface area contributed by atoms with Gasteiger partial charge in [0.15, 0.2) is 10.8 Å². The van der Waals surface area contributed by atoms with Crippen LogP contribution in [-0.2, 0) is 0 Å². The minimum atomic E-state index is -0.112. The molecule has 0 spiro atoms. The average Bonchev–Trinajstić information content (AvgIpc) is 3.28. The van der Waals surface area contributed by atoms with Crippen molar-refractivity contribution in [2.45, 2.75) is 18.1 Å². The van der Waals surface area contributed by atoms with E-state index in [2.05, 4.69) is 53.7 Å². The van der Waals surface area contributed by atoms with Crippen molar-refractivity contribution < 1.29 is 0 Å². The Hall–Kier alpha value is -3.35. The number of anilines is 1. The highest BCUT2D eigenvalue weighted by Crippen LogP contribution is 2.32. The molecular formula is C26H22ClN5S. The van der Waals surface area contributed by atoms with Gasteiger partial charge in [0.05, 0.1) is 23.3 Å². The summed E-state index contributed by atoms with van der Waals surface area (Å²) in [5.41, 5.74) is 5.15. The van der Waals surface area contributed by atoms with E-state index in [9.17, 15) is 0 Å². The molecule has 1 N–H and O–H groups in total. The second kappa shape index (κ2) is 9.25. The van der Waals surface area contributed by atoms with Crippen LogP contribution in [0.25, 0.3) is 16.7 Å². The van der Waals surface area contributed by atoms with Crippen molar-refractivity contribution in [1.82, 2.24) is 19.7 Å². The van der Waals surface area contributed by atoms with Gasteiger partial charge in [-0.3, -0.25) is 0 Å². The first-order valence-electron chi connectivity index (χ1n) is 10.6. The van der Waals surface area contributed by atoms with E-state index in [0.29, 0.717) is 10.2 Å². The molecule has 0 bridgehead atoms. The molecule has 2 aromatic heterocycles. The van der Waals surface area contributed by atoms with Crippen LogP contribution in [0.2, 0.25) is 5.02 Å². The van der Waals surface area contributed by atoms with Gasteiger partial charge in [0.1, 0.15) is 5.82 Å². The number of aromatic nitrogens is 4. The van der Waals surface area contributed by atoms with Gasteiger partial charge in [-0.25, -0.2) is 14.6 Å². The number of fused-ring (bicyclic) bond motifs is 1. The van der Waals surface area contributed by atoms with E-state index in [1.807, 2.05) is 59.6 Å². The summed E-state index contributed by atoms with van der Waals surface area (Å²) in [5, 5.41) is 10.6. The van der Waals surface area contributed by atoms with Crippen molar-refractivity contribution >= 4 is 40.2 Å². The third-order valence-corrected chi connectivity index (χ3v) is 6.29. The second-order valence-corrected chi connectivity index (χ2v) is 8.94. The van der Waals surface area contributed by atoms with Gasteiger partial charge in [-0.2, -0.15) is 5.10 Å². The van der Waals surface area contributed by atoms with Gasteiger partial charge in [0.25, 0.3) is 0 Å². The number of aryl methyl sites for hydroxylation is 1. The van der Waals surface area contributed by atoms with Gasteiger partial charge in [0, 0.05) is 5.02 Å². The Kier molecular flexibility index (Phi) is 6.03. The van der Waals surface area contributed by atoms with E-state index < -0.39 is 0 Å². The van der Waals surface area contributed by atoms with Gasteiger partial charge in [-0.05, 0) is 48.6 Å². The van der Waals surface area contributed by atoms with Gasteiger partial charge in [-0.1, -0.05) is 83.5 Å². The fourth-order valence-electron chi connectivity index (χ4n) is 3.76. The standard InChI is InChI=1S/C26H22ClN5S/c1-17-8-14-21(15-9-17)32-25-22(16-28-32)24(30-26(31-25)33-2)29-23(18-6-4-3-5-7-18)19-10-12-20(27)13-11-19/h3-16,23H,1-2H3,(H,29,30,31). The largest absolute Gasteiger partial charge is 0.358 e. The number of thioether (sulfide) groups is 1. The van der Waals surface area contributed by atoms with Crippen LogP contribution in [0.1, 0.15) is 22.7 Å². The number of halogens is 1. The molecule has 0 fully saturated rings. The first kappa shape index (κ1) is 21.5. The van der Waals surface area contributed by atoms with E-state index in [0.717, 1.165) is 33.7 Å². The Labute approximate surface area is 201 Å². The van der Waals surface area contributed by atoms with Crippen LogP contribution in [-0.4, -0.2) is 26.0 Å². The summed E-state index contributed by atoms with van der Waals surface area (Å²) in [6.45, 7) is 2.07. The van der Waals surface area contributed by atoms with Gasteiger partial charge in [0.2, 0.25) is 0 Å². The van der Waals surface area contributed by atoms with Crippen LogP contribution < -0.4 is 5.32 Å². The summed E-state index contributed by atoms with van der Waals surface area (Å²) in [7, 11) is 0. The smallest absolute Gasteiger partial charge is 0.191 e. The number of rotatable bonds is 6. The van der Waals surface area contributed by atoms with Crippen LogP contribution in [0.4, 0.5) is 5.82 Å². The van der Waals surface area contributed by atoms with E-state index in [1.165, 1.54) is 17.3 Å². The van der Waals surface area contributed by atoms with E-state index in [1.54, 1.807) is 0 Å². The maximum absolute atomic E-state index is 6.16. The van der Waals surface area contributed by atoms with Gasteiger partial charge >= 0.3 is 0 Å². The first-order valence-corrected chi connectivity index (χ1v) is 12.2. The number of hydrogen-bond acceptors (Lipinski definition) is 5. The average molecular weight is 472 g/mol. The lowest BCUT2D eigenvalue weighted by molar-refractivity contribution is 0.870. The molecule has 0 aliphatic carbocycles. The highest BCUT2D eigenvalue weighted by atomic mass is 35.5. The minimum absolute atomic E-state index is 0.112. The SMILES string of the molecule is CSc1nc(NC(c2ccccc2)c2ccc(Cl)cc2)c2cnn(-c3ccc(C)cc3)c2n1. The number of nitrogens with zero attached hydrogens (tertiary/aromatic N) is 4. The predicted molar refractivity (Wildman–Crippen MR) is 137 cm³/mol. The van der Waals surface area contributed by atoms with E-state index in [4.69, 9.17) is 21.6 Å². The molecule has 0 saturated carbocycles. The lowest BCUT2D eigenvalue weighted by atomic mass is 9.98. The molecule has 7 heteroatoms. The summed E-state index contributed by atoms with van der Waals surface area (Å²) in [4.78, 5) is 9.58. The second-order valence-electron chi connectivity index (χ2n) is 7.73. The summed E-state index contributed by atoms with van der Waals surface area (Å²) < 4.78 is 1.86. The van der Waals surface area contributed by atoms with Crippen molar-refractivity contribution in [3.63, 3.8) is 0 Å². The van der Waals surface area contributed by atoms with Crippen LogP contribution in [0.5, 0.6) is 0 Å². The number of hydrogen-bond donors (Lipinski definition) is 1. The zero-order chi connectivity index (χ0) is 22.8. The number of nitrogens with one attached hydrogen (secondary N) is 1. The van der Waals surface area contributed by atoms with Crippen molar-refractivity contribution in [3.05, 3.63) is 107 Å². The van der Waals surface area contributed by atoms with Crippen molar-refractivity contribution in [2.75, 3.05) is 11.6 Å². The number of benzene rings is 3.